The Morgan fingerprint density at radius 3 is 2.06 bits per heavy atom. The van der Waals surface area contributed by atoms with Crippen molar-refractivity contribution in [2.24, 2.45) is 0 Å². The summed E-state index contributed by atoms with van der Waals surface area (Å²) in [5.41, 5.74) is 1.33. The normalized spacial score (nSPS) is 9.78. The lowest BCUT2D eigenvalue weighted by atomic mass is 10.1. The fourth-order valence-electron chi connectivity index (χ4n) is 1.68. The second kappa shape index (κ2) is 5.77. The van der Waals surface area contributed by atoms with Gasteiger partial charge in [0.2, 0.25) is 6.41 Å². The van der Waals surface area contributed by atoms with Crippen LogP contribution in [-0.2, 0) is 4.79 Å². The van der Waals surface area contributed by atoms with Crippen molar-refractivity contribution in [3.63, 3.8) is 0 Å². The standard InChI is InChI=1S/C15H13NO2/c17-12-16(14-9-5-2-6-10-14)11-15(18)13-7-3-1-4-8-13/h1-10,12H,11H2. The van der Waals surface area contributed by atoms with E-state index in [1.807, 2.05) is 24.3 Å². The average Bonchev–Trinajstić information content (AvgIpc) is 2.46. The second-order valence-corrected chi connectivity index (χ2v) is 3.86. The molecule has 0 aliphatic rings. The van der Waals surface area contributed by atoms with Gasteiger partial charge in [-0.25, -0.2) is 0 Å². The third kappa shape index (κ3) is 2.83. The Morgan fingerprint density at radius 1 is 0.944 bits per heavy atom. The molecule has 18 heavy (non-hydrogen) atoms. The quantitative estimate of drug-likeness (QED) is 0.594. The summed E-state index contributed by atoms with van der Waals surface area (Å²) in [5.74, 6) is -0.0773. The summed E-state index contributed by atoms with van der Waals surface area (Å²) < 4.78 is 0. The van der Waals surface area contributed by atoms with Gasteiger partial charge in [0.15, 0.2) is 5.78 Å². The molecule has 0 bridgehead atoms. The van der Waals surface area contributed by atoms with Crippen LogP contribution >= 0.6 is 0 Å². The van der Waals surface area contributed by atoms with Gasteiger partial charge in [0, 0.05) is 11.3 Å². The summed E-state index contributed by atoms with van der Waals surface area (Å²) in [5, 5.41) is 0. The number of rotatable bonds is 5. The van der Waals surface area contributed by atoms with E-state index in [2.05, 4.69) is 0 Å². The number of amides is 1. The first-order valence-corrected chi connectivity index (χ1v) is 5.66. The summed E-state index contributed by atoms with van der Waals surface area (Å²) in [6.07, 6.45) is 0.677. The van der Waals surface area contributed by atoms with Crippen LogP contribution in [0.5, 0.6) is 0 Å². The molecule has 1 amide bonds. The lowest BCUT2D eigenvalue weighted by molar-refractivity contribution is -0.107. The van der Waals surface area contributed by atoms with E-state index in [1.54, 1.807) is 36.4 Å². The van der Waals surface area contributed by atoms with Crippen LogP contribution < -0.4 is 4.90 Å². The topological polar surface area (TPSA) is 37.4 Å². The Bertz CT molecular complexity index is 523. The summed E-state index contributed by atoms with van der Waals surface area (Å²) in [6, 6.07) is 18.1. The third-order valence-electron chi connectivity index (χ3n) is 2.62. The molecular formula is C15H13NO2. The van der Waals surface area contributed by atoms with E-state index in [9.17, 15) is 9.59 Å². The molecule has 0 saturated heterocycles. The van der Waals surface area contributed by atoms with Crippen LogP contribution in [0.2, 0.25) is 0 Å². The zero-order valence-corrected chi connectivity index (χ0v) is 9.82. The lowest BCUT2D eigenvalue weighted by Crippen LogP contribution is -2.28. The molecule has 0 radical (unpaired) electrons. The average molecular weight is 239 g/mol. The van der Waals surface area contributed by atoms with Crippen molar-refractivity contribution in [1.82, 2.24) is 0 Å². The maximum absolute atomic E-state index is 12.0. The highest BCUT2D eigenvalue weighted by molar-refractivity contribution is 6.01. The molecule has 0 N–H and O–H groups in total. The Morgan fingerprint density at radius 2 is 1.50 bits per heavy atom. The van der Waals surface area contributed by atoms with Crippen LogP contribution in [-0.4, -0.2) is 18.7 Å². The van der Waals surface area contributed by atoms with Crippen LogP contribution in [0.25, 0.3) is 0 Å². The number of carbonyl (C=O) groups excluding carboxylic acids is 2. The van der Waals surface area contributed by atoms with Gasteiger partial charge < -0.3 is 4.90 Å². The van der Waals surface area contributed by atoms with Crippen molar-refractivity contribution in [3.8, 4) is 0 Å². The van der Waals surface area contributed by atoms with Crippen LogP contribution in [0.4, 0.5) is 5.69 Å². The number of carbonyl (C=O) groups is 2. The maximum Gasteiger partial charge on any atom is 0.214 e. The van der Waals surface area contributed by atoms with E-state index < -0.39 is 0 Å². The van der Waals surface area contributed by atoms with Crippen molar-refractivity contribution in [2.45, 2.75) is 0 Å². The van der Waals surface area contributed by atoms with E-state index in [4.69, 9.17) is 0 Å². The Balaban J connectivity index is 2.13. The van der Waals surface area contributed by atoms with E-state index in [1.165, 1.54) is 4.90 Å². The molecule has 0 atom stereocenters. The van der Waals surface area contributed by atoms with Gasteiger partial charge >= 0.3 is 0 Å². The molecule has 0 aliphatic carbocycles. The third-order valence-corrected chi connectivity index (χ3v) is 2.62. The van der Waals surface area contributed by atoms with Gasteiger partial charge in [-0.2, -0.15) is 0 Å². The molecule has 90 valence electrons. The van der Waals surface area contributed by atoms with Crippen LogP contribution in [0, 0.1) is 0 Å². The van der Waals surface area contributed by atoms with E-state index in [0.29, 0.717) is 12.0 Å². The molecule has 2 aromatic rings. The molecule has 0 fully saturated rings. The smallest absolute Gasteiger partial charge is 0.214 e. The van der Waals surface area contributed by atoms with Gasteiger partial charge in [0.05, 0.1) is 6.54 Å². The first-order valence-electron chi connectivity index (χ1n) is 5.66. The van der Waals surface area contributed by atoms with Gasteiger partial charge in [0.1, 0.15) is 0 Å². The Labute approximate surface area is 106 Å². The predicted molar refractivity (Wildman–Crippen MR) is 70.6 cm³/mol. The van der Waals surface area contributed by atoms with Gasteiger partial charge in [-0.05, 0) is 12.1 Å². The SMILES string of the molecule is O=CN(CC(=O)c1ccccc1)c1ccccc1. The summed E-state index contributed by atoms with van der Waals surface area (Å²) in [7, 11) is 0. The molecule has 3 nitrogen and oxygen atoms in total. The lowest BCUT2D eigenvalue weighted by Gasteiger charge is -2.16. The first kappa shape index (κ1) is 12.0. The van der Waals surface area contributed by atoms with Crippen molar-refractivity contribution >= 4 is 17.9 Å². The molecule has 0 unspecified atom stereocenters. The molecule has 0 saturated carbocycles. The van der Waals surface area contributed by atoms with Crippen LogP contribution in [0.15, 0.2) is 60.7 Å². The van der Waals surface area contributed by atoms with Gasteiger partial charge in [-0.1, -0.05) is 48.5 Å². The Hall–Kier alpha value is -2.42. The van der Waals surface area contributed by atoms with Crippen LogP contribution in [0.3, 0.4) is 0 Å². The zero-order valence-electron chi connectivity index (χ0n) is 9.82. The van der Waals surface area contributed by atoms with Gasteiger partial charge in [-0.15, -0.1) is 0 Å². The van der Waals surface area contributed by atoms with Gasteiger partial charge in [-0.3, -0.25) is 9.59 Å². The minimum atomic E-state index is -0.0773. The van der Waals surface area contributed by atoms with Crippen molar-refractivity contribution in [1.29, 1.82) is 0 Å². The molecule has 0 spiro atoms. The highest BCUT2D eigenvalue weighted by Gasteiger charge is 2.11. The number of nitrogens with zero attached hydrogens (tertiary/aromatic N) is 1. The van der Waals surface area contributed by atoms with Gasteiger partial charge in [0.25, 0.3) is 0 Å². The van der Waals surface area contributed by atoms with Crippen molar-refractivity contribution < 1.29 is 9.59 Å². The summed E-state index contributed by atoms with van der Waals surface area (Å²) >= 11 is 0. The zero-order chi connectivity index (χ0) is 12.8. The predicted octanol–water partition coefficient (Wildman–Crippen LogP) is 2.53. The van der Waals surface area contributed by atoms with E-state index >= 15 is 0 Å². The number of anilines is 1. The molecule has 2 rings (SSSR count). The summed E-state index contributed by atoms with van der Waals surface area (Å²) in [6.45, 7) is 0.0531. The number of hydrogen-bond acceptors (Lipinski definition) is 2. The highest BCUT2D eigenvalue weighted by Crippen LogP contribution is 2.12. The number of Topliss-reactive ketones (excluding diaryl/α,β-unsaturated/α-hetero) is 1. The monoisotopic (exact) mass is 239 g/mol. The van der Waals surface area contributed by atoms with Crippen molar-refractivity contribution in [2.75, 3.05) is 11.4 Å². The molecular weight excluding hydrogens is 226 g/mol. The summed E-state index contributed by atoms with van der Waals surface area (Å²) in [4.78, 5) is 24.4. The van der Waals surface area contributed by atoms with Crippen molar-refractivity contribution in [3.05, 3.63) is 66.2 Å². The van der Waals surface area contributed by atoms with E-state index in [-0.39, 0.29) is 12.3 Å². The maximum atomic E-state index is 12.0. The molecule has 3 heteroatoms. The molecule has 0 heterocycles. The largest absolute Gasteiger partial charge is 0.307 e. The number of ketones is 1. The number of benzene rings is 2. The number of hydrogen-bond donors (Lipinski definition) is 0. The van der Waals surface area contributed by atoms with E-state index in [0.717, 1.165) is 5.69 Å². The highest BCUT2D eigenvalue weighted by atomic mass is 16.1. The first-order chi connectivity index (χ1) is 8.81. The Kier molecular flexibility index (Phi) is 3.86. The van der Waals surface area contributed by atoms with Crippen LogP contribution in [0.1, 0.15) is 10.4 Å². The minimum absolute atomic E-state index is 0.0531. The molecule has 2 aromatic carbocycles. The fourth-order valence-corrected chi connectivity index (χ4v) is 1.68. The minimum Gasteiger partial charge on any atom is -0.307 e. The molecule has 0 aromatic heterocycles. The molecule has 0 aliphatic heterocycles. The number of para-hydroxylation sites is 1. The second-order valence-electron chi connectivity index (χ2n) is 3.86. The fraction of sp³-hybridized carbons (Fsp3) is 0.0667.